The molecule has 2 heterocycles. The molecule has 10 heteroatoms. The molecule has 1 unspecified atom stereocenters. The number of rotatable bonds is 8. The first-order chi connectivity index (χ1) is 14.4. The number of thioether (sulfide) groups is 1. The lowest BCUT2D eigenvalue weighted by Crippen LogP contribution is -2.29. The normalized spacial score (nSPS) is 17.7. The van der Waals surface area contributed by atoms with Crippen molar-refractivity contribution in [1.29, 1.82) is 0 Å². The number of nitrogens with zero attached hydrogens (tertiary/aromatic N) is 4. The molecule has 1 aliphatic rings. The largest absolute Gasteiger partial charge is 0.479 e. The Labute approximate surface area is 182 Å². The summed E-state index contributed by atoms with van der Waals surface area (Å²) >= 11 is 2.65. The zero-order valence-electron chi connectivity index (χ0n) is 16.9. The summed E-state index contributed by atoms with van der Waals surface area (Å²) in [6, 6.07) is 7.02. The number of carboxylic acids is 1. The van der Waals surface area contributed by atoms with Crippen molar-refractivity contribution in [3.63, 3.8) is 0 Å². The van der Waals surface area contributed by atoms with Crippen molar-refractivity contribution in [2.24, 2.45) is 4.99 Å². The summed E-state index contributed by atoms with van der Waals surface area (Å²) in [5.74, 6) is -0.687. The lowest BCUT2D eigenvalue weighted by molar-refractivity contribution is -0.145. The number of hydrogen-bond acceptors (Lipinski definition) is 8. The number of aliphatic imine (C=N–C) groups is 1. The van der Waals surface area contributed by atoms with E-state index in [0.717, 1.165) is 17.0 Å². The maximum atomic E-state index is 12.9. The quantitative estimate of drug-likeness (QED) is 0.609. The topological polar surface area (TPSA) is 105 Å². The average Bonchev–Trinajstić information content (AvgIpc) is 3.24. The first-order valence-electron chi connectivity index (χ1n) is 9.51. The van der Waals surface area contributed by atoms with Gasteiger partial charge in [0.15, 0.2) is 11.3 Å². The third-order valence-corrected chi connectivity index (χ3v) is 5.86. The fourth-order valence-corrected chi connectivity index (χ4v) is 4.35. The van der Waals surface area contributed by atoms with Crippen molar-refractivity contribution in [2.75, 3.05) is 6.54 Å². The fraction of sp³-hybridized carbons (Fsp3) is 0.350. The Balaban J connectivity index is 1.86. The molecule has 0 bridgehead atoms. The van der Waals surface area contributed by atoms with Crippen molar-refractivity contribution in [1.82, 2.24) is 15.1 Å². The molecule has 1 aliphatic heterocycles. The maximum absolute atomic E-state index is 12.9. The minimum atomic E-state index is -1.01. The summed E-state index contributed by atoms with van der Waals surface area (Å²) in [5, 5.41) is 19.1. The lowest BCUT2D eigenvalue weighted by Gasteiger charge is -2.13. The predicted molar refractivity (Wildman–Crippen MR) is 118 cm³/mol. The monoisotopic (exact) mass is 446 g/mol. The van der Waals surface area contributed by atoms with Gasteiger partial charge in [-0.2, -0.15) is 4.99 Å². The van der Waals surface area contributed by atoms with Gasteiger partial charge in [-0.25, -0.2) is 4.79 Å². The van der Waals surface area contributed by atoms with Gasteiger partial charge >= 0.3 is 5.97 Å². The van der Waals surface area contributed by atoms with Gasteiger partial charge in [-0.15, -0.1) is 10.2 Å². The summed E-state index contributed by atoms with van der Waals surface area (Å²) in [5.41, 5.74) is 0.744. The zero-order chi connectivity index (χ0) is 21.7. The summed E-state index contributed by atoms with van der Waals surface area (Å²) in [6.45, 7) is 6.16. The zero-order valence-corrected chi connectivity index (χ0v) is 18.5. The molecule has 0 spiro atoms. The average molecular weight is 447 g/mol. The Hall–Kier alpha value is -2.72. The van der Waals surface area contributed by atoms with E-state index in [4.69, 9.17) is 4.74 Å². The Morgan fingerprint density at radius 3 is 2.80 bits per heavy atom. The van der Waals surface area contributed by atoms with Crippen LogP contribution in [-0.4, -0.2) is 49.9 Å². The molecule has 30 heavy (non-hydrogen) atoms. The number of amides is 1. The van der Waals surface area contributed by atoms with Crippen molar-refractivity contribution in [3.8, 4) is 5.75 Å². The van der Waals surface area contributed by atoms with Gasteiger partial charge in [0.1, 0.15) is 10.8 Å². The fourth-order valence-electron chi connectivity index (χ4n) is 2.73. The van der Waals surface area contributed by atoms with Crippen LogP contribution in [0.15, 0.2) is 34.2 Å². The van der Waals surface area contributed by atoms with Crippen LogP contribution in [0.5, 0.6) is 5.75 Å². The second kappa shape index (κ2) is 9.86. The van der Waals surface area contributed by atoms with Crippen molar-refractivity contribution >= 4 is 51.4 Å². The molecule has 1 aromatic heterocycles. The van der Waals surface area contributed by atoms with E-state index in [1.54, 1.807) is 36.1 Å². The molecule has 0 radical (unpaired) electrons. The molecule has 0 aliphatic carbocycles. The van der Waals surface area contributed by atoms with Crippen LogP contribution >= 0.6 is 23.1 Å². The predicted octanol–water partition coefficient (Wildman–Crippen LogP) is 4.10. The van der Waals surface area contributed by atoms with Gasteiger partial charge in [0.05, 0.1) is 4.91 Å². The molecular formula is C20H22N4O4S2. The Kier molecular flexibility index (Phi) is 7.22. The van der Waals surface area contributed by atoms with E-state index >= 15 is 0 Å². The van der Waals surface area contributed by atoms with Crippen LogP contribution in [-0.2, 0) is 9.59 Å². The third-order valence-electron chi connectivity index (χ3n) is 4.12. The summed E-state index contributed by atoms with van der Waals surface area (Å²) < 4.78 is 5.55. The number of aryl methyl sites for hydroxylation is 1. The van der Waals surface area contributed by atoms with Crippen molar-refractivity contribution in [2.45, 2.75) is 39.7 Å². The smallest absolute Gasteiger partial charge is 0.344 e. The highest BCUT2D eigenvalue weighted by Gasteiger charge is 2.33. The van der Waals surface area contributed by atoms with Gasteiger partial charge in [0.2, 0.25) is 5.13 Å². The number of carbonyl (C=O) groups is 2. The standard InChI is InChI=1S/C20H22N4O4S2/c1-4-9-24-17(25)16(30-20(24)21-19-23-22-12(3)29-19)11-13-7-6-8-14(10-13)28-15(5-2)18(26)27/h6-8,10-11,15H,4-5,9H2,1-3H3,(H,26,27)/b16-11+,21-20+. The number of aromatic nitrogens is 2. The number of amidine groups is 1. The third kappa shape index (κ3) is 5.25. The van der Waals surface area contributed by atoms with Crippen molar-refractivity contribution < 1.29 is 19.4 Å². The minimum Gasteiger partial charge on any atom is -0.479 e. The molecule has 1 saturated heterocycles. The van der Waals surface area contributed by atoms with E-state index in [9.17, 15) is 14.7 Å². The van der Waals surface area contributed by atoms with Crippen LogP contribution in [0.3, 0.4) is 0 Å². The van der Waals surface area contributed by atoms with E-state index in [1.807, 2.05) is 19.9 Å². The van der Waals surface area contributed by atoms with E-state index in [-0.39, 0.29) is 5.91 Å². The van der Waals surface area contributed by atoms with E-state index in [1.165, 1.54) is 23.1 Å². The number of ether oxygens (including phenoxy) is 1. The highest BCUT2D eigenvalue weighted by molar-refractivity contribution is 8.18. The molecule has 1 fully saturated rings. The Bertz CT molecular complexity index is 1000. The van der Waals surface area contributed by atoms with Gasteiger partial charge in [-0.05, 0) is 55.3 Å². The minimum absolute atomic E-state index is 0.120. The van der Waals surface area contributed by atoms with E-state index < -0.39 is 12.1 Å². The number of benzene rings is 1. The van der Waals surface area contributed by atoms with E-state index in [2.05, 4.69) is 15.2 Å². The Morgan fingerprint density at radius 1 is 1.37 bits per heavy atom. The molecule has 0 saturated carbocycles. The molecular weight excluding hydrogens is 424 g/mol. The van der Waals surface area contributed by atoms with Crippen LogP contribution in [0.2, 0.25) is 0 Å². The summed E-state index contributed by atoms with van der Waals surface area (Å²) in [4.78, 5) is 30.8. The van der Waals surface area contributed by atoms with Crippen LogP contribution in [0.1, 0.15) is 37.3 Å². The van der Waals surface area contributed by atoms with Gasteiger partial charge in [-0.1, -0.05) is 37.3 Å². The van der Waals surface area contributed by atoms with E-state index in [0.29, 0.717) is 33.9 Å². The molecule has 1 atom stereocenters. The Morgan fingerprint density at radius 2 is 2.17 bits per heavy atom. The highest BCUT2D eigenvalue weighted by Crippen LogP contribution is 2.35. The summed E-state index contributed by atoms with van der Waals surface area (Å²) in [6.07, 6.45) is 2.00. The van der Waals surface area contributed by atoms with Gasteiger partial charge in [0, 0.05) is 6.54 Å². The number of hydrogen-bond donors (Lipinski definition) is 1. The highest BCUT2D eigenvalue weighted by atomic mass is 32.2. The molecule has 1 aromatic carbocycles. The second-order valence-electron chi connectivity index (χ2n) is 6.49. The molecule has 8 nitrogen and oxygen atoms in total. The molecule has 3 rings (SSSR count). The SMILES string of the molecule is CCCN1C(=O)/C(=C\c2cccc(OC(CC)C(=O)O)c2)S/C1=N/c1nnc(C)s1. The molecule has 2 aromatic rings. The van der Waals surface area contributed by atoms with Crippen LogP contribution in [0.25, 0.3) is 6.08 Å². The van der Waals surface area contributed by atoms with Crippen molar-refractivity contribution in [3.05, 3.63) is 39.7 Å². The van der Waals surface area contributed by atoms with Gasteiger partial charge in [0.25, 0.3) is 5.91 Å². The number of aliphatic carboxylic acids is 1. The van der Waals surface area contributed by atoms with Crippen LogP contribution in [0.4, 0.5) is 5.13 Å². The first-order valence-corrected chi connectivity index (χ1v) is 11.1. The second-order valence-corrected chi connectivity index (χ2v) is 8.66. The van der Waals surface area contributed by atoms with Crippen LogP contribution in [0, 0.1) is 6.92 Å². The lowest BCUT2D eigenvalue weighted by atomic mass is 10.2. The first kappa shape index (κ1) is 22.0. The number of carboxylic acid groups (broad SMARTS) is 1. The molecule has 1 N–H and O–H groups in total. The van der Waals surface area contributed by atoms with Crippen LogP contribution < -0.4 is 4.74 Å². The van der Waals surface area contributed by atoms with Gasteiger partial charge in [-0.3, -0.25) is 9.69 Å². The summed E-state index contributed by atoms with van der Waals surface area (Å²) in [7, 11) is 0. The van der Waals surface area contributed by atoms with Gasteiger partial charge < -0.3 is 9.84 Å². The molecule has 1 amide bonds. The molecule has 158 valence electrons. The maximum Gasteiger partial charge on any atom is 0.344 e. The number of carbonyl (C=O) groups excluding carboxylic acids is 1.